The van der Waals surface area contributed by atoms with E-state index in [-0.39, 0.29) is 5.76 Å². The minimum atomic E-state index is -0.447. The Bertz CT molecular complexity index is 763. The molecule has 3 rings (SSSR count). The normalized spacial score (nSPS) is 10.7. The molecule has 4 nitrogen and oxygen atoms in total. The van der Waals surface area contributed by atoms with Crippen molar-refractivity contribution in [3.63, 3.8) is 0 Å². The smallest absolute Gasteiger partial charge is 0.235 e. The van der Waals surface area contributed by atoms with Crippen molar-refractivity contribution in [1.82, 2.24) is 4.98 Å². The Hall–Kier alpha value is -2.62. The molecule has 1 N–H and O–H groups in total. The van der Waals surface area contributed by atoms with Crippen LogP contribution in [-0.2, 0) is 0 Å². The van der Waals surface area contributed by atoms with Crippen LogP contribution in [0.25, 0.3) is 22.4 Å². The van der Waals surface area contributed by atoms with Gasteiger partial charge in [-0.05, 0) is 24.3 Å². The van der Waals surface area contributed by atoms with Gasteiger partial charge < -0.3 is 9.52 Å². The second kappa shape index (κ2) is 4.00. The Labute approximate surface area is 102 Å². The third-order valence-electron chi connectivity index (χ3n) is 2.67. The van der Waals surface area contributed by atoms with Crippen LogP contribution in [0.3, 0.4) is 0 Å². The molecule has 2 aromatic heterocycles. The molecule has 0 bridgehead atoms. The highest BCUT2D eigenvalue weighted by Crippen LogP contribution is 2.27. The average molecular weight is 239 g/mol. The zero-order chi connectivity index (χ0) is 12.5. The molecule has 1 aromatic carbocycles. The maximum absolute atomic E-state index is 12.0. The minimum absolute atomic E-state index is 0.0966. The summed E-state index contributed by atoms with van der Waals surface area (Å²) in [7, 11) is 0. The van der Waals surface area contributed by atoms with Gasteiger partial charge in [-0.25, -0.2) is 0 Å². The Morgan fingerprint density at radius 1 is 1.06 bits per heavy atom. The van der Waals surface area contributed by atoms with Gasteiger partial charge in [0.1, 0.15) is 11.3 Å². The van der Waals surface area contributed by atoms with Gasteiger partial charge >= 0.3 is 0 Å². The van der Waals surface area contributed by atoms with Crippen LogP contribution < -0.4 is 5.43 Å². The van der Waals surface area contributed by atoms with Crippen LogP contribution >= 0.6 is 0 Å². The standard InChI is InChI=1S/C14H9NO3/c16-12-9-5-1-2-7-11(9)18-14(13(12)17)10-6-3-4-8-15-10/h1-8,17H. The summed E-state index contributed by atoms with van der Waals surface area (Å²) in [6, 6.07) is 12.0. The van der Waals surface area contributed by atoms with E-state index in [9.17, 15) is 9.90 Å². The maximum atomic E-state index is 12.0. The van der Waals surface area contributed by atoms with Gasteiger partial charge in [0.25, 0.3) is 0 Å². The monoisotopic (exact) mass is 239 g/mol. The van der Waals surface area contributed by atoms with E-state index in [0.717, 1.165) is 0 Å². The van der Waals surface area contributed by atoms with Crippen molar-refractivity contribution in [2.24, 2.45) is 0 Å². The lowest BCUT2D eigenvalue weighted by Gasteiger charge is -2.04. The number of fused-ring (bicyclic) bond motifs is 1. The van der Waals surface area contributed by atoms with Crippen molar-refractivity contribution in [3.8, 4) is 17.2 Å². The zero-order valence-electron chi connectivity index (χ0n) is 9.33. The molecule has 0 radical (unpaired) electrons. The lowest BCUT2D eigenvalue weighted by molar-refractivity contribution is 0.448. The van der Waals surface area contributed by atoms with Crippen molar-refractivity contribution in [1.29, 1.82) is 0 Å². The number of aromatic nitrogens is 1. The van der Waals surface area contributed by atoms with E-state index in [1.807, 2.05) is 0 Å². The van der Waals surface area contributed by atoms with Crippen molar-refractivity contribution < 1.29 is 9.52 Å². The largest absolute Gasteiger partial charge is 0.501 e. The number of rotatable bonds is 1. The number of hydrogen-bond acceptors (Lipinski definition) is 4. The first-order valence-electron chi connectivity index (χ1n) is 5.43. The van der Waals surface area contributed by atoms with Crippen LogP contribution in [0.5, 0.6) is 5.75 Å². The first-order chi connectivity index (χ1) is 8.77. The number of nitrogens with zero attached hydrogens (tertiary/aromatic N) is 1. The summed E-state index contributed by atoms with van der Waals surface area (Å²) < 4.78 is 5.55. The van der Waals surface area contributed by atoms with Gasteiger partial charge in [-0.15, -0.1) is 0 Å². The minimum Gasteiger partial charge on any atom is -0.501 e. The highest BCUT2D eigenvalue weighted by molar-refractivity contribution is 5.81. The van der Waals surface area contributed by atoms with Crippen molar-refractivity contribution in [2.45, 2.75) is 0 Å². The molecule has 0 aliphatic heterocycles. The molecule has 0 spiro atoms. The number of pyridine rings is 1. The van der Waals surface area contributed by atoms with Gasteiger partial charge in [-0.2, -0.15) is 0 Å². The van der Waals surface area contributed by atoms with Crippen LogP contribution in [0.2, 0.25) is 0 Å². The van der Waals surface area contributed by atoms with Crippen LogP contribution in [0.1, 0.15) is 0 Å². The summed E-state index contributed by atoms with van der Waals surface area (Å²) in [5.74, 6) is -0.313. The van der Waals surface area contributed by atoms with Crippen molar-refractivity contribution in [3.05, 3.63) is 58.9 Å². The predicted octanol–water partition coefficient (Wildman–Crippen LogP) is 2.56. The highest BCUT2D eigenvalue weighted by Gasteiger charge is 2.15. The molecule has 4 heteroatoms. The van der Waals surface area contributed by atoms with E-state index < -0.39 is 11.2 Å². The van der Waals surface area contributed by atoms with Gasteiger partial charge in [0, 0.05) is 6.20 Å². The van der Waals surface area contributed by atoms with E-state index in [0.29, 0.717) is 16.7 Å². The number of aromatic hydroxyl groups is 1. The molecule has 18 heavy (non-hydrogen) atoms. The number of hydrogen-bond donors (Lipinski definition) is 1. The van der Waals surface area contributed by atoms with E-state index >= 15 is 0 Å². The number of benzene rings is 1. The molecular formula is C14H9NO3. The second-order valence-corrected chi connectivity index (χ2v) is 3.82. The van der Waals surface area contributed by atoms with E-state index in [1.165, 1.54) is 0 Å². The third-order valence-corrected chi connectivity index (χ3v) is 2.67. The SMILES string of the molecule is O=c1c(O)c(-c2ccccn2)oc2ccccc12. The van der Waals surface area contributed by atoms with Crippen molar-refractivity contribution in [2.75, 3.05) is 0 Å². The van der Waals surface area contributed by atoms with Gasteiger partial charge in [0.15, 0.2) is 5.76 Å². The van der Waals surface area contributed by atoms with E-state index in [2.05, 4.69) is 4.98 Å². The molecular weight excluding hydrogens is 230 g/mol. The van der Waals surface area contributed by atoms with Crippen molar-refractivity contribution >= 4 is 11.0 Å². The fourth-order valence-corrected chi connectivity index (χ4v) is 1.80. The molecule has 0 aliphatic carbocycles. The quantitative estimate of drug-likeness (QED) is 0.708. The molecule has 0 atom stereocenters. The average Bonchev–Trinajstić information content (AvgIpc) is 2.44. The van der Waals surface area contributed by atoms with Crippen LogP contribution in [0.4, 0.5) is 0 Å². The first-order valence-corrected chi connectivity index (χ1v) is 5.43. The Morgan fingerprint density at radius 3 is 2.61 bits per heavy atom. The predicted molar refractivity (Wildman–Crippen MR) is 67.4 cm³/mol. The molecule has 88 valence electrons. The topological polar surface area (TPSA) is 63.3 Å². The van der Waals surface area contributed by atoms with E-state index in [4.69, 9.17) is 4.42 Å². The summed E-state index contributed by atoms with van der Waals surface area (Å²) in [5.41, 5.74) is 0.413. The third kappa shape index (κ3) is 1.55. The molecule has 0 unspecified atom stereocenters. The fourth-order valence-electron chi connectivity index (χ4n) is 1.80. The summed E-state index contributed by atoms with van der Waals surface area (Å²) in [4.78, 5) is 16.0. The lowest BCUT2D eigenvalue weighted by atomic mass is 10.2. The highest BCUT2D eigenvalue weighted by atomic mass is 16.4. The van der Waals surface area contributed by atoms with Gasteiger partial charge in [0.05, 0.1) is 5.39 Å². The van der Waals surface area contributed by atoms with Gasteiger partial charge in [0.2, 0.25) is 11.2 Å². The van der Waals surface area contributed by atoms with Crippen LogP contribution in [-0.4, -0.2) is 10.1 Å². The molecule has 0 aliphatic rings. The van der Waals surface area contributed by atoms with Crippen LogP contribution in [0, 0.1) is 0 Å². The van der Waals surface area contributed by atoms with Gasteiger partial charge in [-0.3, -0.25) is 9.78 Å². The van der Waals surface area contributed by atoms with Gasteiger partial charge in [-0.1, -0.05) is 18.2 Å². The maximum Gasteiger partial charge on any atom is 0.235 e. The second-order valence-electron chi connectivity index (χ2n) is 3.82. The molecule has 0 saturated carbocycles. The molecule has 2 heterocycles. The number of para-hydroxylation sites is 1. The Balaban J connectivity index is 2.38. The molecule has 3 aromatic rings. The Morgan fingerprint density at radius 2 is 1.83 bits per heavy atom. The van der Waals surface area contributed by atoms with Crippen LogP contribution in [0.15, 0.2) is 57.9 Å². The fraction of sp³-hybridized carbons (Fsp3) is 0. The summed E-state index contributed by atoms with van der Waals surface area (Å²) in [5, 5.41) is 10.3. The molecule has 0 fully saturated rings. The molecule has 0 amide bonds. The zero-order valence-corrected chi connectivity index (χ0v) is 9.33. The Kier molecular flexibility index (Phi) is 2.34. The summed E-state index contributed by atoms with van der Waals surface area (Å²) in [6.07, 6.45) is 1.57. The first kappa shape index (κ1) is 10.5. The lowest BCUT2D eigenvalue weighted by Crippen LogP contribution is -2.02. The van der Waals surface area contributed by atoms with E-state index in [1.54, 1.807) is 48.7 Å². The molecule has 0 saturated heterocycles. The summed E-state index contributed by atoms with van der Waals surface area (Å²) in [6.45, 7) is 0. The summed E-state index contributed by atoms with van der Waals surface area (Å²) >= 11 is 0.